The van der Waals surface area contributed by atoms with Crippen LogP contribution >= 0.6 is 0 Å². The first-order valence-electron chi connectivity index (χ1n) is 4.84. The van der Waals surface area contributed by atoms with Crippen molar-refractivity contribution < 1.29 is 4.74 Å². The summed E-state index contributed by atoms with van der Waals surface area (Å²) < 4.78 is 4.96. The largest absolute Gasteiger partial charge is 0.467 e. The van der Waals surface area contributed by atoms with Crippen LogP contribution in [-0.4, -0.2) is 17.1 Å². The molecule has 78 valence electrons. The van der Waals surface area contributed by atoms with Crippen molar-refractivity contribution in [1.82, 2.24) is 9.97 Å². The fraction of sp³-hybridized carbons (Fsp3) is 0.273. The molecule has 0 bridgehead atoms. The van der Waals surface area contributed by atoms with Crippen molar-refractivity contribution in [3.05, 3.63) is 23.8 Å². The number of rotatable bonds is 2. The number of methoxy groups -OCH3 is 1. The Morgan fingerprint density at radius 2 is 2.13 bits per heavy atom. The molecule has 4 heteroatoms. The van der Waals surface area contributed by atoms with Gasteiger partial charge in [0, 0.05) is 5.39 Å². The van der Waals surface area contributed by atoms with Crippen molar-refractivity contribution in [3.63, 3.8) is 0 Å². The van der Waals surface area contributed by atoms with E-state index in [1.807, 2.05) is 18.2 Å². The van der Waals surface area contributed by atoms with E-state index in [-0.39, 0.29) is 0 Å². The predicted molar refractivity (Wildman–Crippen MR) is 59.9 cm³/mol. The molecule has 2 N–H and O–H groups in total. The molecule has 4 nitrogen and oxygen atoms in total. The quantitative estimate of drug-likeness (QED) is 0.808. The van der Waals surface area contributed by atoms with Gasteiger partial charge in [-0.05, 0) is 24.1 Å². The van der Waals surface area contributed by atoms with Gasteiger partial charge in [0.25, 0.3) is 0 Å². The molecule has 2 rings (SSSR count). The van der Waals surface area contributed by atoms with Crippen LogP contribution in [0.15, 0.2) is 18.2 Å². The van der Waals surface area contributed by atoms with E-state index in [0.717, 1.165) is 17.3 Å². The highest BCUT2D eigenvalue weighted by molar-refractivity contribution is 5.88. The monoisotopic (exact) mass is 203 g/mol. The van der Waals surface area contributed by atoms with Crippen molar-refractivity contribution in [2.45, 2.75) is 13.3 Å². The third-order valence-electron chi connectivity index (χ3n) is 2.36. The lowest BCUT2D eigenvalue weighted by Gasteiger charge is -2.05. The van der Waals surface area contributed by atoms with Crippen LogP contribution in [-0.2, 0) is 6.42 Å². The van der Waals surface area contributed by atoms with Crippen LogP contribution in [0.25, 0.3) is 10.9 Å². The van der Waals surface area contributed by atoms with Gasteiger partial charge in [0.2, 0.25) is 0 Å². The third-order valence-corrected chi connectivity index (χ3v) is 2.36. The van der Waals surface area contributed by atoms with Gasteiger partial charge in [0.1, 0.15) is 5.82 Å². The van der Waals surface area contributed by atoms with Crippen LogP contribution in [0, 0.1) is 0 Å². The summed E-state index contributed by atoms with van der Waals surface area (Å²) in [5, 5.41) is 0.884. The van der Waals surface area contributed by atoms with Gasteiger partial charge in [0.15, 0.2) is 0 Å². The van der Waals surface area contributed by atoms with Gasteiger partial charge in [-0.15, -0.1) is 0 Å². The van der Waals surface area contributed by atoms with Crippen LogP contribution in [0.3, 0.4) is 0 Å². The zero-order chi connectivity index (χ0) is 10.8. The molecule has 0 aliphatic heterocycles. The van der Waals surface area contributed by atoms with Crippen molar-refractivity contribution in [1.29, 1.82) is 0 Å². The van der Waals surface area contributed by atoms with E-state index >= 15 is 0 Å². The molecule has 1 aromatic heterocycles. The van der Waals surface area contributed by atoms with Gasteiger partial charge in [-0.1, -0.05) is 13.0 Å². The summed E-state index contributed by atoms with van der Waals surface area (Å²) in [6.45, 7) is 2.10. The standard InChI is InChI=1S/C11H13N3O/c1-3-7-4-5-9-8(6-7)10(12)14-11(13-9)15-2/h4-6H,3H2,1-2H3,(H2,12,13,14). The Kier molecular flexibility index (Phi) is 2.41. The molecule has 0 saturated heterocycles. The average Bonchev–Trinajstić information content (AvgIpc) is 2.28. The van der Waals surface area contributed by atoms with Crippen molar-refractivity contribution in [2.75, 3.05) is 12.8 Å². The maximum absolute atomic E-state index is 5.83. The molecule has 1 heterocycles. The van der Waals surface area contributed by atoms with E-state index in [1.54, 1.807) is 0 Å². The molecule has 1 aromatic carbocycles. The van der Waals surface area contributed by atoms with Gasteiger partial charge in [-0.2, -0.15) is 9.97 Å². The summed E-state index contributed by atoms with van der Waals surface area (Å²) in [5.74, 6) is 0.465. The number of anilines is 1. The summed E-state index contributed by atoms with van der Waals surface area (Å²) in [7, 11) is 1.53. The molecular weight excluding hydrogens is 190 g/mol. The Morgan fingerprint density at radius 3 is 2.80 bits per heavy atom. The van der Waals surface area contributed by atoms with Crippen LogP contribution in [0.5, 0.6) is 6.01 Å². The van der Waals surface area contributed by atoms with Crippen LogP contribution in [0.4, 0.5) is 5.82 Å². The lowest BCUT2D eigenvalue weighted by Crippen LogP contribution is -1.99. The molecule has 0 atom stereocenters. The topological polar surface area (TPSA) is 61.0 Å². The minimum absolute atomic E-state index is 0.309. The number of aryl methyl sites for hydroxylation is 1. The molecular formula is C11H13N3O. The molecule has 0 spiro atoms. The van der Waals surface area contributed by atoms with Crippen molar-refractivity contribution in [3.8, 4) is 6.01 Å². The van der Waals surface area contributed by atoms with Gasteiger partial charge in [0.05, 0.1) is 12.6 Å². The van der Waals surface area contributed by atoms with Gasteiger partial charge in [-0.25, -0.2) is 0 Å². The first-order chi connectivity index (χ1) is 7.24. The maximum atomic E-state index is 5.83. The van der Waals surface area contributed by atoms with E-state index in [9.17, 15) is 0 Å². The first-order valence-corrected chi connectivity index (χ1v) is 4.84. The number of benzene rings is 1. The second-order valence-corrected chi connectivity index (χ2v) is 3.30. The van der Waals surface area contributed by atoms with E-state index in [1.165, 1.54) is 12.7 Å². The number of nitrogens with zero attached hydrogens (tertiary/aromatic N) is 2. The van der Waals surface area contributed by atoms with Crippen molar-refractivity contribution >= 4 is 16.7 Å². The number of aromatic nitrogens is 2. The van der Waals surface area contributed by atoms with Gasteiger partial charge in [-0.3, -0.25) is 0 Å². The number of fused-ring (bicyclic) bond motifs is 1. The van der Waals surface area contributed by atoms with Gasteiger partial charge < -0.3 is 10.5 Å². The smallest absolute Gasteiger partial charge is 0.318 e. The molecule has 0 amide bonds. The molecule has 0 fully saturated rings. The highest BCUT2D eigenvalue weighted by atomic mass is 16.5. The Hall–Kier alpha value is -1.84. The number of nitrogen functional groups attached to an aromatic ring is 1. The van der Waals surface area contributed by atoms with E-state index < -0.39 is 0 Å². The van der Waals surface area contributed by atoms with Gasteiger partial charge >= 0.3 is 6.01 Å². The molecule has 15 heavy (non-hydrogen) atoms. The molecule has 0 aliphatic rings. The van der Waals surface area contributed by atoms with E-state index in [0.29, 0.717) is 11.8 Å². The third kappa shape index (κ3) is 1.70. The fourth-order valence-electron chi connectivity index (χ4n) is 1.49. The zero-order valence-corrected chi connectivity index (χ0v) is 8.82. The molecule has 0 unspecified atom stereocenters. The van der Waals surface area contributed by atoms with Crippen LogP contribution in [0.2, 0.25) is 0 Å². The van der Waals surface area contributed by atoms with Crippen molar-refractivity contribution in [2.24, 2.45) is 0 Å². The molecule has 0 radical (unpaired) electrons. The second kappa shape index (κ2) is 3.73. The van der Waals surface area contributed by atoms with E-state index in [2.05, 4.69) is 16.9 Å². The first kappa shape index (κ1) is 9.71. The molecule has 0 saturated carbocycles. The highest BCUT2D eigenvalue weighted by Gasteiger charge is 2.05. The predicted octanol–water partition coefficient (Wildman–Crippen LogP) is 1.78. The number of hydrogen-bond donors (Lipinski definition) is 1. The molecule has 2 aromatic rings. The Morgan fingerprint density at radius 1 is 1.33 bits per heavy atom. The summed E-state index contributed by atoms with van der Waals surface area (Å²) in [4.78, 5) is 8.26. The Balaban J connectivity index is 2.68. The zero-order valence-electron chi connectivity index (χ0n) is 8.82. The minimum atomic E-state index is 0.309. The molecule has 0 aliphatic carbocycles. The second-order valence-electron chi connectivity index (χ2n) is 3.30. The highest BCUT2D eigenvalue weighted by Crippen LogP contribution is 2.21. The Bertz CT molecular complexity index is 496. The number of hydrogen-bond acceptors (Lipinski definition) is 4. The minimum Gasteiger partial charge on any atom is -0.467 e. The average molecular weight is 203 g/mol. The van der Waals surface area contributed by atoms with Crippen LogP contribution in [0.1, 0.15) is 12.5 Å². The van der Waals surface area contributed by atoms with Crippen LogP contribution < -0.4 is 10.5 Å². The Labute approximate surface area is 88.1 Å². The summed E-state index contributed by atoms with van der Waals surface area (Å²) in [6, 6.07) is 6.30. The number of nitrogens with two attached hydrogens (primary N) is 1. The maximum Gasteiger partial charge on any atom is 0.318 e. The summed E-state index contributed by atoms with van der Waals surface area (Å²) in [5.41, 5.74) is 7.87. The fourth-order valence-corrected chi connectivity index (χ4v) is 1.49. The SMILES string of the molecule is CCc1ccc2nc(OC)nc(N)c2c1. The lowest BCUT2D eigenvalue weighted by atomic mass is 10.1. The number of ether oxygens (including phenoxy) is 1. The van der Waals surface area contributed by atoms with E-state index in [4.69, 9.17) is 10.5 Å². The lowest BCUT2D eigenvalue weighted by molar-refractivity contribution is 0.382. The summed E-state index contributed by atoms with van der Waals surface area (Å²) in [6.07, 6.45) is 0.974. The normalized spacial score (nSPS) is 10.5. The summed E-state index contributed by atoms with van der Waals surface area (Å²) >= 11 is 0.